The maximum Gasteiger partial charge on any atom is 0.299 e. The van der Waals surface area contributed by atoms with Crippen LogP contribution in [0, 0.1) is 0 Å². The number of carbonyl (C=O) groups excluding carboxylic acids is 2. The minimum atomic E-state index is -2.05. The van der Waals surface area contributed by atoms with E-state index in [1.165, 1.54) is 14.2 Å². The van der Waals surface area contributed by atoms with Crippen molar-refractivity contribution in [3.05, 3.63) is 35.9 Å². The molecule has 0 bridgehead atoms. The lowest BCUT2D eigenvalue weighted by atomic mass is 9.98. The molecule has 0 aliphatic rings. The van der Waals surface area contributed by atoms with Gasteiger partial charge in [0.2, 0.25) is 5.78 Å². The van der Waals surface area contributed by atoms with Crippen molar-refractivity contribution in [3.8, 4) is 0 Å². The minimum Gasteiger partial charge on any atom is -0.358 e. The van der Waals surface area contributed by atoms with E-state index in [0.29, 0.717) is 5.56 Å². The highest BCUT2D eigenvalue weighted by molar-refractivity contribution is 6.16. The number of ketones is 2. The van der Waals surface area contributed by atoms with Gasteiger partial charge in [0.25, 0.3) is 5.79 Å². The topological polar surface area (TPSA) is 71.1 Å². The van der Waals surface area contributed by atoms with Crippen LogP contribution in [0.4, 0.5) is 0 Å². The summed E-state index contributed by atoms with van der Waals surface area (Å²) in [6, 6.07) is 8.34. The third kappa shape index (κ3) is 4.18. The zero-order chi connectivity index (χ0) is 15.7. The molecule has 0 saturated heterocycles. The molecule has 21 heavy (non-hydrogen) atoms. The second-order valence-electron chi connectivity index (χ2n) is 4.19. The Hall–Kier alpha value is -1.60. The standard InChI is InChI=1S/C15H20O6/c1-4-13(16)15(20-10-18-2,21-11-19-3)14(17)12-8-6-5-7-9-12/h5-9H,4,10-11H2,1-3H3. The molecule has 0 atom stereocenters. The fraction of sp³-hybridized carbons (Fsp3) is 0.467. The number of Topliss-reactive ketones (excluding diaryl/α,β-unsaturated/α-hetero) is 2. The number of rotatable bonds is 10. The molecule has 0 N–H and O–H groups in total. The molecule has 0 aromatic heterocycles. The van der Waals surface area contributed by atoms with E-state index >= 15 is 0 Å². The van der Waals surface area contributed by atoms with Gasteiger partial charge in [-0.2, -0.15) is 0 Å². The lowest BCUT2D eigenvalue weighted by Crippen LogP contribution is -2.52. The average Bonchev–Trinajstić information content (AvgIpc) is 2.55. The highest BCUT2D eigenvalue weighted by Gasteiger charge is 2.48. The molecule has 0 heterocycles. The Morgan fingerprint density at radius 3 is 1.95 bits per heavy atom. The molecule has 1 aromatic rings. The summed E-state index contributed by atoms with van der Waals surface area (Å²) in [5, 5.41) is 0. The molecule has 0 saturated carbocycles. The summed E-state index contributed by atoms with van der Waals surface area (Å²) in [6.07, 6.45) is 0.0754. The first-order chi connectivity index (χ1) is 10.1. The molecule has 0 radical (unpaired) electrons. The number of hydrogen-bond donors (Lipinski definition) is 0. The summed E-state index contributed by atoms with van der Waals surface area (Å²) in [5.74, 6) is -3.13. The van der Waals surface area contributed by atoms with Crippen LogP contribution < -0.4 is 0 Å². The van der Waals surface area contributed by atoms with Crippen molar-refractivity contribution in [2.45, 2.75) is 19.1 Å². The van der Waals surface area contributed by atoms with E-state index in [1.807, 2.05) is 0 Å². The Labute approximate surface area is 123 Å². The normalized spacial score (nSPS) is 11.4. The molecule has 0 unspecified atom stereocenters. The summed E-state index contributed by atoms with van der Waals surface area (Å²) >= 11 is 0. The fourth-order valence-corrected chi connectivity index (χ4v) is 1.76. The lowest BCUT2D eigenvalue weighted by Gasteiger charge is -2.29. The molecule has 0 aliphatic carbocycles. The summed E-state index contributed by atoms with van der Waals surface area (Å²) in [5.41, 5.74) is 0.312. The van der Waals surface area contributed by atoms with Gasteiger partial charge in [0.05, 0.1) is 0 Å². The van der Waals surface area contributed by atoms with Gasteiger partial charge < -0.3 is 18.9 Å². The number of benzene rings is 1. The van der Waals surface area contributed by atoms with Crippen molar-refractivity contribution in [1.82, 2.24) is 0 Å². The number of hydrogen-bond acceptors (Lipinski definition) is 6. The van der Waals surface area contributed by atoms with E-state index in [9.17, 15) is 9.59 Å². The smallest absolute Gasteiger partial charge is 0.299 e. The molecule has 0 spiro atoms. The Morgan fingerprint density at radius 1 is 1.00 bits per heavy atom. The largest absolute Gasteiger partial charge is 0.358 e. The van der Waals surface area contributed by atoms with Gasteiger partial charge in [-0.05, 0) is 0 Å². The van der Waals surface area contributed by atoms with Crippen LogP contribution in [0.2, 0.25) is 0 Å². The van der Waals surface area contributed by atoms with Crippen LogP contribution in [0.25, 0.3) is 0 Å². The molecule has 6 nitrogen and oxygen atoms in total. The van der Waals surface area contributed by atoms with Gasteiger partial charge >= 0.3 is 0 Å². The molecule has 0 fully saturated rings. The van der Waals surface area contributed by atoms with Gasteiger partial charge in [-0.1, -0.05) is 37.3 Å². The van der Waals surface area contributed by atoms with Crippen molar-refractivity contribution in [1.29, 1.82) is 0 Å². The van der Waals surface area contributed by atoms with Crippen molar-refractivity contribution >= 4 is 11.6 Å². The van der Waals surface area contributed by atoms with Crippen LogP contribution in [-0.4, -0.2) is 45.2 Å². The molecular formula is C15H20O6. The van der Waals surface area contributed by atoms with Crippen molar-refractivity contribution in [2.24, 2.45) is 0 Å². The van der Waals surface area contributed by atoms with Gasteiger partial charge in [-0.15, -0.1) is 0 Å². The monoisotopic (exact) mass is 296 g/mol. The van der Waals surface area contributed by atoms with Crippen molar-refractivity contribution in [2.75, 3.05) is 27.8 Å². The van der Waals surface area contributed by atoms with E-state index in [2.05, 4.69) is 0 Å². The Kier molecular flexibility index (Phi) is 7.18. The number of carbonyl (C=O) groups is 2. The molecular weight excluding hydrogens is 276 g/mol. The second kappa shape index (κ2) is 8.63. The van der Waals surface area contributed by atoms with Crippen LogP contribution in [0.3, 0.4) is 0 Å². The molecule has 6 heteroatoms. The first kappa shape index (κ1) is 17.5. The van der Waals surface area contributed by atoms with Gasteiger partial charge in [0.15, 0.2) is 19.4 Å². The molecule has 1 aromatic carbocycles. The second-order valence-corrected chi connectivity index (χ2v) is 4.19. The average molecular weight is 296 g/mol. The van der Waals surface area contributed by atoms with Gasteiger partial charge in [-0.25, -0.2) is 0 Å². The minimum absolute atomic E-state index is 0.0754. The maximum atomic E-state index is 12.7. The van der Waals surface area contributed by atoms with Crippen LogP contribution in [0.1, 0.15) is 23.7 Å². The van der Waals surface area contributed by atoms with Gasteiger partial charge in [0.1, 0.15) is 0 Å². The van der Waals surface area contributed by atoms with E-state index < -0.39 is 17.4 Å². The predicted octanol–water partition coefficient (Wildman–Crippen LogP) is 1.79. The van der Waals surface area contributed by atoms with E-state index in [-0.39, 0.29) is 20.0 Å². The van der Waals surface area contributed by atoms with Crippen LogP contribution >= 0.6 is 0 Å². The van der Waals surface area contributed by atoms with E-state index in [4.69, 9.17) is 18.9 Å². The van der Waals surface area contributed by atoms with Crippen LogP contribution in [-0.2, 0) is 23.7 Å². The Balaban J connectivity index is 3.18. The summed E-state index contributed by atoms with van der Waals surface area (Å²) in [6.45, 7) is 1.11. The first-order valence-corrected chi connectivity index (χ1v) is 6.51. The summed E-state index contributed by atoms with van der Waals surface area (Å²) < 4.78 is 20.3. The molecule has 1 rings (SSSR count). The molecule has 116 valence electrons. The highest BCUT2D eigenvalue weighted by atomic mass is 16.8. The van der Waals surface area contributed by atoms with Crippen molar-refractivity contribution in [3.63, 3.8) is 0 Å². The van der Waals surface area contributed by atoms with E-state index in [0.717, 1.165) is 0 Å². The Morgan fingerprint density at radius 2 is 1.52 bits per heavy atom. The Bertz CT molecular complexity index is 448. The number of ether oxygens (including phenoxy) is 4. The van der Waals surface area contributed by atoms with Crippen LogP contribution in [0.15, 0.2) is 30.3 Å². The lowest BCUT2D eigenvalue weighted by molar-refractivity contribution is -0.252. The summed E-state index contributed by atoms with van der Waals surface area (Å²) in [7, 11) is 2.79. The maximum absolute atomic E-state index is 12.7. The molecule has 0 amide bonds. The van der Waals surface area contributed by atoms with Crippen molar-refractivity contribution < 1.29 is 28.5 Å². The third-order valence-electron chi connectivity index (χ3n) is 2.78. The van der Waals surface area contributed by atoms with Gasteiger partial charge in [0, 0.05) is 26.2 Å². The summed E-state index contributed by atoms with van der Waals surface area (Å²) in [4.78, 5) is 25.0. The predicted molar refractivity (Wildman–Crippen MR) is 74.7 cm³/mol. The quantitative estimate of drug-likeness (QED) is 0.372. The zero-order valence-electron chi connectivity index (χ0n) is 12.5. The number of methoxy groups -OCH3 is 2. The van der Waals surface area contributed by atoms with Gasteiger partial charge in [-0.3, -0.25) is 9.59 Å². The first-order valence-electron chi connectivity index (χ1n) is 6.51. The highest BCUT2D eigenvalue weighted by Crippen LogP contribution is 2.23. The fourth-order valence-electron chi connectivity index (χ4n) is 1.76. The third-order valence-corrected chi connectivity index (χ3v) is 2.78. The SMILES string of the molecule is CCC(=O)C(OCOC)(OCOC)C(=O)c1ccccc1. The zero-order valence-corrected chi connectivity index (χ0v) is 12.5. The van der Waals surface area contributed by atoms with Crippen LogP contribution in [0.5, 0.6) is 0 Å². The molecule has 0 aliphatic heterocycles. The van der Waals surface area contributed by atoms with E-state index in [1.54, 1.807) is 37.3 Å².